The lowest BCUT2D eigenvalue weighted by atomic mass is 9.55. The van der Waals surface area contributed by atoms with Crippen LogP contribution in [0.3, 0.4) is 0 Å². The van der Waals surface area contributed by atoms with E-state index in [4.69, 9.17) is 9.73 Å². The van der Waals surface area contributed by atoms with Crippen LogP contribution in [0.4, 0.5) is 0 Å². The van der Waals surface area contributed by atoms with E-state index in [9.17, 15) is 5.11 Å². The van der Waals surface area contributed by atoms with Crippen LogP contribution in [0, 0.1) is 17.3 Å². The Hall–Kier alpha value is -2.39. The van der Waals surface area contributed by atoms with Crippen molar-refractivity contribution in [2.75, 3.05) is 7.11 Å². The van der Waals surface area contributed by atoms with Gasteiger partial charge in [-0.1, -0.05) is 49.4 Å². The molecule has 1 N–H and O–H groups in total. The second-order valence-electron chi connectivity index (χ2n) is 9.84. The third-order valence-electron chi connectivity index (χ3n) is 8.36. The van der Waals surface area contributed by atoms with E-state index in [1.54, 1.807) is 7.11 Å². The van der Waals surface area contributed by atoms with E-state index in [-0.39, 0.29) is 17.6 Å². The molecule has 0 unspecified atom stereocenters. The number of hydrogen-bond donors (Lipinski definition) is 1. The molecule has 0 radical (unpaired) electrons. The van der Waals surface area contributed by atoms with Gasteiger partial charge < -0.3 is 9.84 Å². The molecule has 0 aromatic heterocycles. The number of aliphatic hydroxyl groups excluding tert-OH is 1. The van der Waals surface area contributed by atoms with E-state index in [2.05, 4.69) is 43.3 Å². The van der Waals surface area contributed by atoms with Crippen molar-refractivity contribution in [2.45, 2.75) is 57.1 Å². The van der Waals surface area contributed by atoms with Crippen molar-refractivity contribution in [3.63, 3.8) is 0 Å². The first-order chi connectivity index (χ1) is 15.1. The van der Waals surface area contributed by atoms with Crippen LogP contribution in [0.5, 0.6) is 5.75 Å². The van der Waals surface area contributed by atoms with Crippen LogP contribution in [-0.2, 0) is 6.42 Å². The molecule has 31 heavy (non-hydrogen) atoms. The van der Waals surface area contributed by atoms with E-state index < -0.39 is 0 Å². The zero-order chi connectivity index (χ0) is 21.4. The number of aryl methyl sites for hydroxylation is 1. The largest absolute Gasteiger partial charge is 0.497 e. The van der Waals surface area contributed by atoms with Crippen molar-refractivity contribution < 1.29 is 9.84 Å². The van der Waals surface area contributed by atoms with Crippen LogP contribution in [0.15, 0.2) is 59.6 Å². The molecule has 3 nitrogen and oxygen atoms in total. The fraction of sp³-hybridized carbons (Fsp3) is 0.464. The van der Waals surface area contributed by atoms with E-state index in [0.717, 1.165) is 25.0 Å². The molecular weight excluding hydrogens is 382 g/mol. The maximum absolute atomic E-state index is 11.3. The topological polar surface area (TPSA) is 41.8 Å². The van der Waals surface area contributed by atoms with E-state index in [1.807, 2.05) is 30.5 Å². The molecule has 0 amide bonds. The number of rotatable bonds is 4. The van der Waals surface area contributed by atoms with Gasteiger partial charge in [0.05, 0.1) is 19.3 Å². The molecule has 2 aromatic rings. The molecule has 0 bridgehead atoms. The molecule has 0 heterocycles. The van der Waals surface area contributed by atoms with E-state index >= 15 is 0 Å². The van der Waals surface area contributed by atoms with E-state index in [1.165, 1.54) is 29.5 Å². The lowest BCUT2D eigenvalue weighted by Crippen LogP contribution is -2.44. The second-order valence-corrected chi connectivity index (χ2v) is 9.84. The molecule has 0 spiro atoms. The fourth-order valence-electron chi connectivity index (χ4n) is 6.69. The van der Waals surface area contributed by atoms with Crippen LogP contribution in [0.2, 0.25) is 0 Å². The SMILES string of the molecule is COc1ccc2c(c1)CC[C@@H]1[C@@H]2CC[C@]2(C)[C@H](O)[C@@H](N=C/C=C/c3ccccc3)C[C@@H]12. The van der Waals surface area contributed by atoms with Gasteiger partial charge in [0.1, 0.15) is 5.75 Å². The number of nitrogens with zero attached hydrogens (tertiary/aromatic N) is 1. The molecule has 3 aliphatic rings. The lowest BCUT2D eigenvalue weighted by molar-refractivity contribution is -0.0254. The van der Waals surface area contributed by atoms with Gasteiger partial charge in [-0.2, -0.15) is 0 Å². The Labute approximate surface area is 185 Å². The summed E-state index contributed by atoms with van der Waals surface area (Å²) in [6, 6.07) is 16.9. The van der Waals surface area contributed by atoms with Crippen molar-refractivity contribution in [3.8, 4) is 5.75 Å². The number of allylic oxidation sites excluding steroid dienone is 1. The van der Waals surface area contributed by atoms with Crippen molar-refractivity contribution in [3.05, 3.63) is 71.3 Å². The maximum Gasteiger partial charge on any atom is 0.119 e. The zero-order valence-corrected chi connectivity index (χ0v) is 18.6. The van der Waals surface area contributed by atoms with Gasteiger partial charge in [0.25, 0.3) is 0 Å². The highest BCUT2D eigenvalue weighted by Gasteiger charge is 2.57. The quantitative estimate of drug-likeness (QED) is 0.653. The Balaban J connectivity index is 1.33. The van der Waals surface area contributed by atoms with Gasteiger partial charge in [-0.25, -0.2) is 0 Å². The normalized spacial score (nSPS) is 34.5. The molecule has 0 saturated heterocycles. The Kier molecular flexibility index (Phi) is 5.47. The minimum absolute atomic E-state index is 0.00596. The minimum Gasteiger partial charge on any atom is -0.497 e. The average molecular weight is 416 g/mol. The molecular formula is C28H33NO2. The second kappa shape index (κ2) is 8.27. The Morgan fingerprint density at radius 3 is 2.77 bits per heavy atom. The summed E-state index contributed by atoms with van der Waals surface area (Å²) in [4.78, 5) is 4.81. The Morgan fingerprint density at radius 1 is 1.13 bits per heavy atom. The van der Waals surface area contributed by atoms with Gasteiger partial charge in [-0.05, 0) is 90.2 Å². The van der Waals surface area contributed by atoms with Gasteiger partial charge in [-0.3, -0.25) is 4.99 Å². The van der Waals surface area contributed by atoms with Crippen LogP contribution in [0.25, 0.3) is 6.08 Å². The number of hydrogen-bond acceptors (Lipinski definition) is 3. The van der Waals surface area contributed by atoms with Crippen LogP contribution in [0.1, 0.15) is 55.2 Å². The van der Waals surface area contributed by atoms with Crippen molar-refractivity contribution in [2.24, 2.45) is 22.2 Å². The molecule has 2 fully saturated rings. The van der Waals surface area contributed by atoms with Crippen LogP contribution >= 0.6 is 0 Å². The van der Waals surface area contributed by atoms with Gasteiger partial charge in [-0.15, -0.1) is 0 Å². The third kappa shape index (κ3) is 3.63. The number of ether oxygens (including phenoxy) is 1. The monoisotopic (exact) mass is 415 g/mol. The summed E-state index contributed by atoms with van der Waals surface area (Å²) < 4.78 is 5.45. The zero-order valence-electron chi connectivity index (χ0n) is 18.6. The smallest absolute Gasteiger partial charge is 0.119 e. The first-order valence-electron chi connectivity index (χ1n) is 11.7. The predicted molar refractivity (Wildman–Crippen MR) is 127 cm³/mol. The van der Waals surface area contributed by atoms with Crippen LogP contribution in [-0.4, -0.2) is 30.6 Å². The molecule has 6 atom stereocenters. The highest BCUT2D eigenvalue weighted by Crippen LogP contribution is 2.61. The van der Waals surface area contributed by atoms with Crippen molar-refractivity contribution in [1.29, 1.82) is 0 Å². The summed E-state index contributed by atoms with van der Waals surface area (Å²) in [7, 11) is 1.75. The summed E-state index contributed by atoms with van der Waals surface area (Å²) in [6.07, 6.45) is 11.2. The Morgan fingerprint density at radius 2 is 1.97 bits per heavy atom. The molecule has 3 heteroatoms. The molecule has 0 aliphatic heterocycles. The molecule has 162 valence electrons. The van der Waals surface area contributed by atoms with Crippen molar-refractivity contribution >= 4 is 12.3 Å². The van der Waals surface area contributed by atoms with E-state index in [0.29, 0.717) is 17.8 Å². The average Bonchev–Trinajstić information content (AvgIpc) is 3.07. The van der Waals surface area contributed by atoms with Crippen LogP contribution < -0.4 is 4.74 Å². The van der Waals surface area contributed by atoms with Crippen molar-refractivity contribution in [1.82, 2.24) is 0 Å². The summed E-state index contributed by atoms with van der Waals surface area (Å²) >= 11 is 0. The lowest BCUT2D eigenvalue weighted by Gasteiger charge is -2.50. The molecule has 5 rings (SSSR count). The highest BCUT2D eigenvalue weighted by molar-refractivity contribution is 5.78. The summed E-state index contributed by atoms with van der Waals surface area (Å²) in [5.41, 5.74) is 4.13. The molecule has 2 saturated carbocycles. The van der Waals surface area contributed by atoms with Gasteiger partial charge in [0, 0.05) is 6.21 Å². The highest BCUT2D eigenvalue weighted by atomic mass is 16.5. The number of aliphatic hydroxyl groups is 1. The molecule has 3 aliphatic carbocycles. The minimum atomic E-state index is -0.350. The first-order valence-corrected chi connectivity index (χ1v) is 11.7. The number of benzene rings is 2. The standard InChI is InChI=1S/C28H33NO2/c1-28-15-14-23-22-13-11-21(31-2)17-20(22)10-12-24(23)25(28)18-26(27(28)30)29-16-6-9-19-7-4-3-5-8-19/h3-9,11,13,16-17,23-27,30H,10,12,14-15,18H2,1-2H3/b9-6+,29-16?/t23-,24-,25+,26+,27-,28+/m1/s1. The number of aliphatic imine (C=N–C) groups is 1. The third-order valence-corrected chi connectivity index (χ3v) is 8.36. The summed E-state index contributed by atoms with van der Waals surface area (Å²) in [6.45, 7) is 2.32. The maximum atomic E-state index is 11.3. The fourth-order valence-corrected chi connectivity index (χ4v) is 6.69. The van der Waals surface area contributed by atoms with Gasteiger partial charge >= 0.3 is 0 Å². The summed E-state index contributed by atoms with van der Waals surface area (Å²) in [5, 5.41) is 11.3. The summed E-state index contributed by atoms with van der Waals surface area (Å²) in [5.74, 6) is 2.76. The molecule has 2 aromatic carbocycles. The number of fused-ring (bicyclic) bond motifs is 5. The number of methoxy groups -OCH3 is 1. The Bertz CT molecular complexity index is 982. The van der Waals surface area contributed by atoms with Gasteiger partial charge in [0.15, 0.2) is 0 Å². The first kappa shape index (κ1) is 20.5. The van der Waals surface area contributed by atoms with Gasteiger partial charge in [0.2, 0.25) is 0 Å². The predicted octanol–water partition coefficient (Wildman–Crippen LogP) is 5.67.